The Morgan fingerprint density at radius 1 is 1.35 bits per heavy atom. The summed E-state index contributed by atoms with van der Waals surface area (Å²) >= 11 is 0. The van der Waals surface area contributed by atoms with Gasteiger partial charge in [0.1, 0.15) is 10.6 Å². The molecule has 0 N–H and O–H groups in total. The number of nitrogens with zero attached hydrogens (tertiary/aromatic N) is 1. The van der Waals surface area contributed by atoms with Gasteiger partial charge in [-0.25, -0.2) is 8.42 Å². The van der Waals surface area contributed by atoms with Gasteiger partial charge in [0.25, 0.3) is 0 Å². The van der Waals surface area contributed by atoms with Gasteiger partial charge < -0.3 is 4.74 Å². The first-order valence-electron chi connectivity index (χ1n) is 7.22. The van der Waals surface area contributed by atoms with Crippen LogP contribution < -0.4 is 4.74 Å². The van der Waals surface area contributed by atoms with E-state index in [2.05, 4.69) is 0 Å². The second-order valence-electron chi connectivity index (χ2n) is 5.34. The van der Waals surface area contributed by atoms with E-state index >= 15 is 0 Å². The summed E-state index contributed by atoms with van der Waals surface area (Å²) in [7, 11) is -3.48. The molecular formula is C15H23NO3S. The second-order valence-corrected chi connectivity index (χ2v) is 7.20. The maximum atomic E-state index is 12.9. The lowest BCUT2D eigenvalue weighted by Gasteiger charge is -2.32. The highest BCUT2D eigenvalue weighted by atomic mass is 32.2. The molecule has 1 aliphatic heterocycles. The third-order valence-corrected chi connectivity index (χ3v) is 5.76. The Morgan fingerprint density at radius 2 is 2.10 bits per heavy atom. The standard InChI is InChI=1S/C15H23NO3S/c1-4-19-14-9-8-12(2)11-15(14)20(17,18)16-10-6-5-7-13(16)3/h8-9,11,13H,4-7,10H2,1-3H3/t13-/m0/s1. The van der Waals surface area contributed by atoms with E-state index in [-0.39, 0.29) is 6.04 Å². The molecule has 0 aliphatic carbocycles. The molecule has 0 bridgehead atoms. The summed E-state index contributed by atoms with van der Waals surface area (Å²) in [4.78, 5) is 0.299. The van der Waals surface area contributed by atoms with E-state index in [1.807, 2.05) is 26.8 Å². The van der Waals surface area contributed by atoms with Gasteiger partial charge in [-0.05, 0) is 51.3 Å². The first-order chi connectivity index (χ1) is 9.46. The van der Waals surface area contributed by atoms with E-state index in [4.69, 9.17) is 4.74 Å². The lowest BCUT2D eigenvalue weighted by Crippen LogP contribution is -2.42. The van der Waals surface area contributed by atoms with E-state index in [1.165, 1.54) is 0 Å². The van der Waals surface area contributed by atoms with Crippen LogP contribution in [0.2, 0.25) is 0 Å². The van der Waals surface area contributed by atoms with Gasteiger partial charge in [0.2, 0.25) is 10.0 Å². The SMILES string of the molecule is CCOc1ccc(C)cc1S(=O)(=O)N1CCCC[C@@H]1C. The van der Waals surface area contributed by atoms with E-state index < -0.39 is 10.0 Å². The fraction of sp³-hybridized carbons (Fsp3) is 0.600. The van der Waals surface area contributed by atoms with E-state index in [9.17, 15) is 8.42 Å². The van der Waals surface area contributed by atoms with Crippen molar-refractivity contribution in [2.45, 2.75) is 51.0 Å². The van der Waals surface area contributed by atoms with Gasteiger partial charge >= 0.3 is 0 Å². The van der Waals surface area contributed by atoms with Crippen LogP contribution in [-0.2, 0) is 10.0 Å². The number of sulfonamides is 1. The highest BCUT2D eigenvalue weighted by Crippen LogP contribution is 2.31. The normalized spacial score (nSPS) is 20.9. The molecule has 1 heterocycles. The van der Waals surface area contributed by atoms with E-state index in [1.54, 1.807) is 16.4 Å². The first kappa shape index (κ1) is 15.3. The van der Waals surface area contributed by atoms with E-state index in [0.29, 0.717) is 23.8 Å². The molecule has 1 fully saturated rings. The van der Waals surface area contributed by atoms with Crippen molar-refractivity contribution in [1.29, 1.82) is 0 Å². The van der Waals surface area contributed by atoms with Crippen LogP contribution in [-0.4, -0.2) is 31.9 Å². The zero-order chi connectivity index (χ0) is 14.8. The molecule has 0 aromatic heterocycles. The van der Waals surface area contributed by atoms with Crippen LogP contribution in [0.4, 0.5) is 0 Å². The minimum atomic E-state index is -3.48. The number of rotatable bonds is 4. The second kappa shape index (κ2) is 6.14. The molecular weight excluding hydrogens is 274 g/mol. The molecule has 0 spiro atoms. The van der Waals surface area contributed by atoms with E-state index in [0.717, 1.165) is 24.8 Å². The van der Waals surface area contributed by atoms with Crippen LogP contribution in [0, 0.1) is 6.92 Å². The summed E-state index contributed by atoms with van der Waals surface area (Å²) in [5, 5.41) is 0. The molecule has 2 rings (SSSR count). The minimum Gasteiger partial charge on any atom is -0.492 e. The summed E-state index contributed by atoms with van der Waals surface area (Å²) in [5.74, 6) is 0.455. The molecule has 4 nitrogen and oxygen atoms in total. The van der Waals surface area contributed by atoms with Crippen molar-refractivity contribution in [2.75, 3.05) is 13.2 Å². The molecule has 0 amide bonds. The predicted molar refractivity (Wildman–Crippen MR) is 79.6 cm³/mol. The summed E-state index contributed by atoms with van der Waals surface area (Å²) in [6.45, 7) is 6.80. The highest BCUT2D eigenvalue weighted by Gasteiger charge is 2.33. The Kier molecular flexibility index (Phi) is 4.70. The summed E-state index contributed by atoms with van der Waals surface area (Å²) in [6.07, 6.45) is 2.95. The molecule has 0 unspecified atom stereocenters. The van der Waals surface area contributed by atoms with Gasteiger partial charge in [-0.3, -0.25) is 0 Å². The van der Waals surface area contributed by atoms with Crippen LogP contribution in [0.15, 0.2) is 23.1 Å². The Hall–Kier alpha value is -1.07. The molecule has 1 aromatic carbocycles. The van der Waals surface area contributed by atoms with Gasteiger partial charge in [-0.1, -0.05) is 12.5 Å². The van der Waals surface area contributed by atoms with Crippen LogP contribution in [0.3, 0.4) is 0 Å². The Labute approximate surface area is 121 Å². The lowest BCUT2D eigenvalue weighted by molar-refractivity contribution is 0.266. The zero-order valence-corrected chi connectivity index (χ0v) is 13.2. The van der Waals surface area contributed by atoms with Crippen molar-refractivity contribution in [3.05, 3.63) is 23.8 Å². The maximum Gasteiger partial charge on any atom is 0.247 e. The number of benzene rings is 1. The Morgan fingerprint density at radius 3 is 2.75 bits per heavy atom. The Balaban J connectivity index is 2.44. The third-order valence-electron chi connectivity index (χ3n) is 3.73. The summed E-state index contributed by atoms with van der Waals surface area (Å²) in [6, 6.07) is 5.40. The third kappa shape index (κ3) is 2.99. The van der Waals surface area contributed by atoms with Crippen molar-refractivity contribution in [3.8, 4) is 5.75 Å². The predicted octanol–water partition coefficient (Wildman–Crippen LogP) is 2.96. The van der Waals surface area contributed by atoms with Crippen LogP contribution >= 0.6 is 0 Å². The average molecular weight is 297 g/mol. The van der Waals surface area contributed by atoms with Crippen LogP contribution in [0.1, 0.15) is 38.7 Å². The Bertz CT molecular complexity index is 568. The summed E-state index contributed by atoms with van der Waals surface area (Å²) < 4.78 is 32.9. The van der Waals surface area contributed by atoms with Gasteiger partial charge in [0.05, 0.1) is 6.61 Å². The van der Waals surface area contributed by atoms with Crippen LogP contribution in [0.5, 0.6) is 5.75 Å². The van der Waals surface area contributed by atoms with Gasteiger partial charge in [0.15, 0.2) is 0 Å². The van der Waals surface area contributed by atoms with Crippen molar-refractivity contribution in [1.82, 2.24) is 4.31 Å². The molecule has 1 atom stereocenters. The average Bonchev–Trinajstić information content (AvgIpc) is 2.41. The number of aryl methyl sites for hydroxylation is 1. The molecule has 1 aromatic rings. The van der Waals surface area contributed by atoms with Gasteiger partial charge in [-0.2, -0.15) is 4.31 Å². The maximum absolute atomic E-state index is 12.9. The van der Waals surface area contributed by atoms with Gasteiger partial charge in [-0.15, -0.1) is 0 Å². The highest BCUT2D eigenvalue weighted by molar-refractivity contribution is 7.89. The van der Waals surface area contributed by atoms with Crippen molar-refractivity contribution >= 4 is 10.0 Å². The smallest absolute Gasteiger partial charge is 0.247 e. The zero-order valence-electron chi connectivity index (χ0n) is 12.4. The molecule has 0 radical (unpaired) electrons. The summed E-state index contributed by atoms with van der Waals surface area (Å²) in [5.41, 5.74) is 0.927. The molecule has 1 saturated heterocycles. The lowest BCUT2D eigenvalue weighted by atomic mass is 10.1. The van der Waals surface area contributed by atoms with Crippen molar-refractivity contribution in [2.24, 2.45) is 0 Å². The number of hydrogen-bond donors (Lipinski definition) is 0. The molecule has 20 heavy (non-hydrogen) atoms. The largest absolute Gasteiger partial charge is 0.492 e. The minimum absolute atomic E-state index is 0.0590. The quantitative estimate of drug-likeness (QED) is 0.858. The van der Waals surface area contributed by atoms with Gasteiger partial charge in [0, 0.05) is 12.6 Å². The van der Waals surface area contributed by atoms with Crippen molar-refractivity contribution < 1.29 is 13.2 Å². The number of ether oxygens (including phenoxy) is 1. The molecule has 0 saturated carbocycles. The first-order valence-corrected chi connectivity index (χ1v) is 8.66. The monoisotopic (exact) mass is 297 g/mol. The molecule has 1 aliphatic rings. The number of piperidine rings is 1. The molecule has 5 heteroatoms. The fourth-order valence-electron chi connectivity index (χ4n) is 2.65. The van der Waals surface area contributed by atoms with Crippen molar-refractivity contribution in [3.63, 3.8) is 0 Å². The number of hydrogen-bond acceptors (Lipinski definition) is 3. The fourth-order valence-corrected chi connectivity index (χ4v) is 4.56. The topological polar surface area (TPSA) is 46.6 Å². The molecule has 112 valence electrons. The van der Waals surface area contributed by atoms with Crippen LogP contribution in [0.25, 0.3) is 0 Å².